The second-order valence-electron chi connectivity index (χ2n) is 9.98. The molecule has 1 saturated heterocycles. The summed E-state index contributed by atoms with van der Waals surface area (Å²) in [4.78, 5) is 14.6. The number of halogens is 4. The Labute approximate surface area is 204 Å². The van der Waals surface area contributed by atoms with Crippen LogP contribution in [0.3, 0.4) is 0 Å². The number of pyridine rings is 1. The van der Waals surface area contributed by atoms with Gasteiger partial charge in [0.25, 0.3) is 0 Å². The van der Waals surface area contributed by atoms with E-state index in [1.165, 1.54) is 22.8 Å². The van der Waals surface area contributed by atoms with Crippen molar-refractivity contribution < 1.29 is 27.4 Å². The predicted octanol–water partition coefficient (Wildman–Crippen LogP) is 3.46. The molecule has 2 bridgehead atoms. The van der Waals surface area contributed by atoms with E-state index in [1.807, 2.05) is 4.90 Å². The number of aliphatic hydroxyl groups is 1. The minimum atomic E-state index is -4.51. The lowest BCUT2D eigenvalue weighted by atomic mass is 9.92. The van der Waals surface area contributed by atoms with Gasteiger partial charge in [-0.05, 0) is 57.6 Å². The highest BCUT2D eigenvalue weighted by Gasteiger charge is 2.43. The number of fused-ring (bicyclic) bond motifs is 3. The van der Waals surface area contributed by atoms with E-state index in [1.54, 1.807) is 20.8 Å². The van der Waals surface area contributed by atoms with E-state index in [2.05, 4.69) is 25.4 Å². The molecule has 0 amide bonds. The number of ether oxygens (including phenoxy) is 1. The van der Waals surface area contributed by atoms with Crippen LogP contribution in [0.1, 0.15) is 38.2 Å². The smallest absolute Gasteiger partial charge is 0.422 e. The fourth-order valence-corrected chi connectivity index (χ4v) is 5.18. The molecule has 0 radical (unpaired) electrons. The van der Waals surface area contributed by atoms with Crippen molar-refractivity contribution in [3.8, 4) is 5.75 Å². The van der Waals surface area contributed by atoms with Gasteiger partial charge in [-0.2, -0.15) is 18.2 Å². The zero-order chi connectivity index (χ0) is 25.8. The number of anilines is 2. The van der Waals surface area contributed by atoms with Crippen LogP contribution in [0.4, 0.5) is 29.3 Å². The number of aromatic nitrogens is 5. The van der Waals surface area contributed by atoms with Gasteiger partial charge in [-0.25, -0.2) is 18.9 Å². The van der Waals surface area contributed by atoms with Crippen LogP contribution in [0, 0.1) is 24.6 Å². The molecule has 1 saturated carbocycles. The highest BCUT2D eigenvalue weighted by molar-refractivity contribution is 5.57. The zero-order valence-electron chi connectivity index (χ0n) is 20.1. The fourth-order valence-electron chi connectivity index (χ4n) is 5.18. The van der Waals surface area contributed by atoms with Crippen molar-refractivity contribution in [2.75, 3.05) is 29.9 Å². The highest BCUT2D eigenvalue weighted by Crippen LogP contribution is 2.40. The molecule has 2 aliphatic rings. The maximum Gasteiger partial charge on any atom is 0.422 e. The molecule has 5 rings (SSSR count). The molecule has 36 heavy (non-hydrogen) atoms. The minimum Gasteiger partial charge on any atom is -0.480 e. The first-order chi connectivity index (χ1) is 16.9. The quantitative estimate of drug-likeness (QED) is 0.488. The van der Waals surface area contributed by atoms with Crippen LogP contribution in [0.5, 0.6) is 5.75 Å². The average molecular weight is 510 g/mol. The third-order valence-corrected chi connectivity index (χ3v) is 6.74. The van der Waals surface area contributed by atoms with E-state index in [9.17, 15) is 22.7 Å². The van der Waals surface area contributed by atoms with Crippen molar-refractivity contribution in [2.45, 2.75) is 51.4 Å². The number of nitrogens with one attached hydrogen (secondary N) is 1. The molecule has 1 aliphatic carbocycles. The molecule has 2 fully saturated rings. The summed E-state index contributed by atoms with van der Waals surface area (Å²) in [6.07, 6.45) is -1.48. The van der Waals surface area contributed by atoms with E-state index in [4.69, 9.17) is 4.74 Å². The van der Waals surface area contributed by atoms with Crippen LogP contribution in [0.25, 0.3) is 5.65 Å². The SMILES string of the molecule is Cc1ncc(F)c(N2C[C@H]3CC[C@@H](C2)[C@@H]3Nc2nc3c(OCC(F)(F)F)ccc(C(C)(C)O)n3n2)n1. The average Bonchev–Trinajstić information content (AvgIpc) is 3.29. The molecule has 0 unspecified atom stereocenters. The third-order valence-electron chi connectivity index (χ3n) is 6.74. The molecule has 1 aliphatic heterocycles. The topological polar surface area (TPSA) is 101 Å². The number of aryl methyl sites for hydroxylation is 1. The normalized spacial score (nSPS) is 22.3. The van der Waals surface area contributed by atoms with Gasteiger partial charge in [0.05, 0.1) is 11.9 Å². The Bertz CT molecular complexity index is 1260. The third kappa shape index (κ3) is 4.75. The van der Waals surface area contributed by atoms with Gasteiger partial charge >= 0.3 is 6.18 Å². The molecular weight excluding hydrogens is 482 g/mol. The van der Waals surface area contributed by atoms with Crippen LogP contribution < -0.4 is 15.0 Å². The van der Waals surface area contributed by atoms with Crippen molar-refractivity contribution in [1.82, 2.24) is 24.6 Å². The van der Waals surface area contributed by atoms with E-state index in [0.717, 1.165) is 12.8 Å². The predicted molar refractivity (Wildman–Crippen MR) is 122 cm³/mol. The van der Waals surface area contributed by atoms with Crippen molar-refractivity contribution >= 4 is 17.4 Å². The molecular formula is C23H27F4N7O2. The van der Waals surface area contributed by atoms with Gasteiger partial charge in [0.15, 0.2) is 29.6 Å². The lowest BCUT2D eigenvalue weighted by Crippen LogP contribution is -2.48. The molecule has 0 aromatic carbocycles. The Morgan fingerprint density at radius 3 is 2.47 bits per heavy atom. The summed E-state index contributed by atoms with van der Waals surface area (Å²) in [5.74, 6) is 0.804. The van der Waals surface area contributed by atoms with Crippen LogP contribution in [-0.2, 0) is 5.60 Å². The molecule has 2 N–H and O–H groups in total. The maximum absolute atomic E-state index is 14.4. The summed E-state index contributed by atoms with van der Waals surface area (Å²) in [7, 11) is 0. The summed E-state index contributed by atoms with van der Waals surface area (Å²) in [6, 6.07) is 2.82. The molecule has 4 heterocycles. The Hall–Kier alpha value is -3.22. The number of nitrogens with zero attached hydrogens (tertiary/aromatic N) is 6. The summed E-state index contributed by atoms with van der Waals surface area (Å²) in [5.41, 5.74) is -0.898. The Kier molecular flexibility index (Phi) is 5.92. The molecule has 3 aromatic rings. The molecule has 0 spiro atoms. The van der Waals surface area contributed by atoms with E-state index >= 15 is 0 Å². The lowest BCUT2D eigenvalue weighted by Gasteiger charge is -2.38. The lowest BCUT2D eigenvalue weighted by molar-refractivity contribution is -0.153. The van der Waals surface area contributed by atoms with E-state index in [-0.39, 0.29) is 35.2 Å². The molecule has 3 atom stereocenters. The first kappa shape index (κ1) is 24.5. The fraction of sp³-hybridized carbons (Fsp3) is 0.565. The van der Waals surface area contributed by atoms with Gasteiger partial charge in [0, 0.05) is 19.1 Å². The van der Waals surface area contributed by atoms with Crippen molar-refractivity contribution in [1.29, 1.82) is 0 Å². The summed E-state index contributed by atoms with van der Waals surface area (Å²) in [6.45, 7) is 4.53. The second-order valence-corrected chi connectivity index (χ2v) is 9.98. The van der Waals surface area contributed by atoms with Gasteiger partial charge in [-0.1, -0.05) is 0 Å². The molecule has 9 nitrogen and oxygen atoms in total. The van der Waals surface area contributed by atoms with Gasteiger partial charge in [-0.15, -0.1) is 5.10 Å². The van der Waals surface area contributed by atoms with Gasteiger partial charge < -0.3 is 20.1 Å². The maximum atomic E-state index is 14.4. The second kappa shape index (κ2) is 8.71. The summed E-state index contributed by atoms with van der Waals surface area (Å²) < 4.78 is 59.0. The Balaban J connectivity index is 1.41. The molecule has 3 aromatic heterocycles. The summed E-state index contributed by atoms with van der Waals surface area (Å²) in [5, 5.41) is 18.4. The number of rotatable bonds is 6. The number of piperidine rings is 1. The van der Waals surface area contributed by atoms with Gasteiger partial charge in [0.2, 0.25) is 5.95 Å². The summed E-state index contributed by atoms with van der Waals surface area (Å²) >= 11 is 0. The first-order valence-corrected chi connectivity index (χ1v) is 11.7. The zero-order valence-corrected chi connectivity index (χ0v) is 20.1. The van der Waals surface area contributed by atoms with E-state index in [0.29, 0.717) is 30.4 Å². The Morgan fingerprint density at radius 2 is 1.83 bits per heavy atom. The number of hydrogen-bond acceptors (Lipinski definition) is 8. The number of hydrogen-bond donors (Lipinski definition) is 2. The largest absolute Gasteiger partial charge is 0.480 e. The van der Waals surface area contributed by atoms with E-state index < -0.39 is 24.2 Å². The molecule has 13 heteroatoms. The van der Waals surface area contributed by atoms with Gasteiger partial charge in [0.1, 0.15) is 11.4 Å². The standard InChI is InChI=1S/C23H27F4N7O2/c1-12-28-8-15(24)19(29-12)33-9-13-4-5-14(10-33)18(13)30-21-31-20-16(36-11-23(25,26)27)6-7-17(22(2,3)35)34(20)32-21/h6-8,13-14,18,35H,4-5,9-11H2,1-3H3,(H,30,32)/t13-,14+,18-. The Morgan fingerprint density at radius 1 is 1.14 bits per heavy atom. The van der Waals surface area contributed by atoms with Crippen molar-refractivity contribution in [2.24, 2.45) is 11.8 Å². The highest BCUT2D eigenvalue weighted by atomic mass is 19.4. The van der Waals surface area contributed by atoms with Crippen molar-refractivity contribution in [3.05, 3.63) is 35.7 Å². The van der Waals surface area contributed by atoms with Crippen LogP contribution in [0.15, 0.2) is 18.3 Å². The minimum absolute atomic E-state index is 0.00483. The van der Waals surface area contributed by atoms with Crippen LogP contribution >= 0.6 is 0 Å². The monoisotopic (exact) mass is 509 g/mol. The van der Waals surface area contributed by atoms with Gasteiger partial charge in [-0.3, -0.25) is 0 Å². The van der Waals surface area contributed by atoms with Crippen molar-refractivity contribution in [3.63, 3.8) is 0 Å². The van der Waals surface area contributed by atoms with Crippen LogP contribution in [-0.4, -0.2) is 61.6 Å². The van der Waals surface area contributed by atoms with Crippen LogP contribution in [0.2, 0.25) is 0 Å². The molecule has 194 valence electrons. The first-order valence-electron chi connectivity index (χ1n) is 11.7. The number of alkyl halides is 3.